The van der Waals surface area contributed by atoms with E-state index < -0.39 is 0 Å². The molecule has 20 heavy (non-hydrogen) atoms. The number of ether oxygens (including phenoxy) is 2. The molecule has 1 fully saturated rings. The van der Waals surface area contributed by atoms with Gasteiger partial charge in [0.15, 0.2) is 6.61 Å². The summed E-state index contributed by atoms with van der Waals surface area (Å²) in [5.41, 5.74) is 1.15. The molecule has 1 N–H and O–H groups in total. The Bertz CT molecular complexity index is 493. The normalized spacial score (nSPS) is 23.5. The van der Waals surface area contributed by atoms with Crippen LogP contribution in [-0.2, 0) is 4.74 Å². The van der Waals surface area contributed by atoms with E-state index in [1.165, 1.54) is 0 Å². The molecular weight excluding hydrogens is 252 g/mol. The van der Waals surface area contributed by atoms with Crippen LogP contribution in [0.4, 0.5) is 5.69 Å². The molecule has 1 aliphatic rings. The Labute approximate surface area is 120 Å². The van der Waals surface area contributed by atoms with Crippen molar-refractivity contribution in [2.24, 2.45) is 5.41 Å². The second kappa shape index (κ2) is 6.15. The molecular formula is C16H22N2O2. The van der Waals surface area contributed by atoms with Gasteiger partial charge in [-0.3, -0.25) is 0 Å². The average Bonchev–Trinajstić information content (AvgIpc) is 2.44. The van der Waals surface area contributed by atoms with Gasteiger partial charge in [0.05, 0.1) is 6.10 Å². The van der Waals surface area contributed by atoms with Gasteiger partial charge in [0, 0.05) is 29.8 Å². The minimum Gasteiger partial charge on any atom is -0.479 e. The van der Waals surface area contributed by atoms with Crippen molar-refractivity contribution < 1.29 is 9.47 Å². The van der Waals surface area contributed by atoms with Crippen LogP contribution < -0.4 is 10.1 Å². The fourth-order valence-corrected chi connectivity index (χ4v) is 2.61. The summed E-state index contributed by atoms with van der Waals surface area (Å²) in [5.74, 6) is 0.718. The first-order chi connectivity index (χ1) is 9.57. The third-order valence-electron chi connectivity index (χ3n) is 4.02. The van der Waals surface area contributed by atoms with Gasteiger partial charge >= 0.3 is 0 Å². The molecule has 0 aromatic heterocycles. The molecule has 0 saturated heterocycles. The van der Waals surface area contributed by atoms with Crippen molar-refractivity contribution in [1.29, 1.82) is 5.26 Å². The Morgan fingerprint density at radius 1 is 1.45 bits per heavy atom. The zero-order chi connectivity index (χ0) is 14.6. The van der Waals surface area contributed by atoms with Crippen LogP contribution >= 0.6 is 0 Å². The highest BCUT2D eigenvalue weighted by Gasteiger charge is 2.48. The van der Waals surface area contributed by atoms with Crippen LogP contribution in [-0.4, -0.2) is 25.4 Å². The van der Waals surface area contributed by atoms with Crippen molar-refractivity contribution in [1.82, 2.24) is 0 Å². The maximum absolute atomic E-state index is 8.53. The van der Waals surface area contributed by atoms with Crippen LogP contribution in [0.25, 0.3) is 0 Å². The molecule has 4 nitrogen and oxygen atoms in total. The van der Waals surface area contributed by atoms with E-state index >= 15 is 0 Å². The maximum atomic E-state index is 8.53. The highest BCUT2D eigenvalue weighted by atomic mass is 16.5. The maximum Gasteiger partial charge on any atom is 0.174 e. The van der Waals surface area contributed by atoms with Crippen LogP contribution in [0, 0.1) is 16.7 Å². The molecule has 0 aliphatic heterocycles. The number of nitrogens with one attached hydrogen (secondary N) is 1. The summed E-state index contributed by atoms with van der Waals surface area (Å²) in [6.07, 6.45) is 1.34. The molecule has 0 heterocycles. The molecule has 2 atom stereocenters. The molecule has 0 radical (unpaired) electrons. The number of nitriles is 1. The first-order valence-electron chi connectivity index (χ1n) is 7.06. The first-order valence-corrected chi connectivity index (χ1v) is 7.06. The Morgan fingerprint density at radius 2 is 2.25 bits per heavy atom. The molecule has 0 amide bonds. The van der Waals surface area contributed by atoms with E-state index in [2.05, 4.69) is 19.2 Å². The van der Waals surface area contributed by atoms with E-state index in [0.29, 0.717) is 12.1 Å². The number of anilines is 1. The van der Waals surface area contributed by atoms with Gasteiger partial charge in [0.2, 0.25) is 0 Å². The fraction of sp³-hybridized carbons (Fsp3) is 0.562. The summed E-state index contributed by atoms with van der Waals surface area (Å²) in [6, 6.07) is 10.1. The lowest BCUT2D eigenvalue weighted by atomic mass is 9.64. The van der Waals surface area contributed by atoms with E-state index in [0.717, 1.165) is 24.5 Å². The SMILES string of the molecule is CCOC1CC(Nc2cccc(OCC#N)c2)C1(C)C. The highest BCUT2D eigenvalue weighted by molar-refractivity contribution is 5.50. The second-order valence-electron chi connectivity index (χ2n) is 5.67. The number of hydrogen-bond acceptors (Lipinski definition) is 4. The van der Waals surface area contributed by atoms with E-state index in [4.69, 9.17) is 14.7 Å². The minimum atomic E-state index is 0.0742. The van der Waals surface area contributed by atoms with E-state index in [1.807, 2.05) is 37.3 Å². The number of hydrogen-bond donors (Lipinski definition) is 1. The third-order valence-corrected chi connectivity index (χ3v) is 4.02. The summed E-state index contributed by atoms with van der Waals surface area (Å²) in [4.78, 5) is 0. The molecule has 0 spiro atoms. The second-order valence-corrected chi connectivity index (χ2v) is 5.67. The summed E-state index contributed by atoms with van der Waals surface area (Å²) < 4.78 is 11.1. The van der Waals surface area contributed by atoms with Crippen molar-refractivity contribution in [3.8, 4) is 11.8 Å². The molecule has 0 bridgehead atoms. The predicted octanol–water partition coefficient (Wildman–Crippen LogP) is 3.20. The zero-order valence-corrected chi connectivity index (χ0v) is 12.3. The molecule has 2 unspecified atom stereocenters. The number of nitrogens with zero attached hydrogens (tertiary/aromatic N) is 1. The van der Waals surface area contributed by atoms with E-state index in [9.17, 15) is 0 Å². The lowest BCUT2D eigenvalue weighted by molar-refractivity contribution is -0.0975. The molecule has 1 saturated carbocycles. The van der Waals surface area contributed by atoms with Crippen LogP contribution in [0.1, 0.15) is 27.2 Å². The first kappa shape index (κ1) is 14.7. The van der Waals surface area contributed by atoms with Gasteiger partial charge in [-0.2, -0.15) is 5.26 Å². The zero-order valence-electron chi connectivity index (χ0n) is 12.3. The summed E-state index contributed by atoms with van der Waals surface area (Å²) in [5, 5.41) is 12.1. The molecule has 108 valence electrons. The van der Waals surface area contributed by atoms with Gasteiger partial charge in [0.25, 0.3) is 0 Å². The Morgan fingerprint density at radius 3 is 2.90 bits per heavy atom. The topological polar surface area (TPSA) is 54.3 Å². The minimum absolute atomic E-state index is 0.0742. The Balaban J connectivity index is 1.96. The van der Waals surface area contributed by atoms with Gasteiger partial charge in [-0.25, -0.2) is 0 Å². The molecule has 1 aliphatic carbocycles. The molecule has 1 aromatic carbocycles. The van der Waals surface area contributed by atoms with Crippen molar-refractivity contribution in [3.63, 3.8) is 0 Å². The van der Waals surface area contributed by atoms with Gasteiger partial charge < -0.3 is 14.8 Å². The standard InChI is InChI=1S/C16H22N2O2/c1-4-19-15-11-14(16(15,2)3)18-12-6-5-7-13(10-12)20-9-8-17/h5-7,10,14-15,18H,4,9,11H2,1-3H3. The summed E-state index contributed by atoms with van der Waals surface area (Å²) in [6.45, 7) is 7.32. The van der Waals surface area contributed by atoms with Crippen LogP contribution in [0.3, 0.4) is 0 Å². The Kier molecular flexibility index (Phi) is 4.51. The van der Waals surface area contributed by atoms with E-state index in [-0.39, 0.29) is 12.0 Å². The largest absolute Gasteiger partial charge is 0.479 e. The van der Waals surface area contributed by atoms with Crippen molar-refractivity contribution >= 4 is 5.69 Å². The smallest absolute Gasteiger partial charge is 0.174 e. The lowest BCUT2D eigenvalue weighted by Crippen LogP contribution is -2.58. The fourth-order valence-electron chi connectivity index (χ4n) is 2.61. The van der Waals surface area contributed by atoms with Crippen molar-refractivity contribution in [2.45, 2.75) is 39.3 Å². The van der Waals surface area contributed by atoms with Gasteiger partial charge in [0.1, 0.15) is 11.8 Å². The highest BCUT2D eigenvalue weighted by Crippen LogP contribution is 2.44. The third kappa shape index (κ3) is 3.05. The molecule has 2 rings (SSSR count). The van der Waals surface area contributed by atoms with Gasteiger partial charge in [-0.1, -0.05) is 19.9 Å². The monoisotopic (exact) mass is 274 g/mol. The average molecular weight is 274 g/mol. The Hall–Kier alpha value is -1.73. The quantitative estimate of drug-likeness (QED) is 0.865. The molecule has 1 aromatic rings. The number of rotatable bonds is 6. The molecule has 4 heteroatoms. The number of benzene rings is 1. The van der Waals surface area contributed by atoms with Gasteiger partial charge in [-0.15, -0.1) is 0 Å². The van der Waals surface area contributed by atoms with Crippen LogP contribution in [0.2, 0.25) is 0 Å². The van der Waals surface area contributed by atoms with Gasteiger partial charge in [-0.05, 0) is 25.5 Å². The summed E-state index contributed by atoms with van der Waals surface area (Å²) in [7, 11) is 0. The van der Waals surface area contributed by atoms with Crippen LogP contribution in [0.5, 0.6) is 5.75 Å². The van der Waals surface area contributed by atoms with Crippen LogP contribution in [0.15, 0.2) is 24.3 Å². The lowest BCUT2D eigenvalue weighted by Gasteiger charge is -2.52. The van der Waals surface area contributed by atoms with Crippen molar-refractivity contribution in [3.05, 3.63) is 24.3 Å². The summed E-state index contributed by atoms with van der Waals surface area (Å²) >= 11 is 0. The predicted molar refractivity (Wildman–Crippen MR) is 78.8 cm³/mol. The van der Waals surface area contributed by atoms with E-state index in [1.54, 1.807) is 0 Å². The van der Waals surface area contributed by atoms with Crippen molar-refractivity contribution in [2.75, 3.05) is 18.5 Å².